The van der Waals surface area contributed by atoms with Gasteiger partial charge in [-0.3, -0.25) is 0 Å². The average Bonchev–Trinajstić information content (AvgIpc) is 2.77. The minimum Gasteiger partial charge on any atom is -0.425 e. The van der Waals surface area contributed by atoms with Crippen molar-refractivity contribution in [2.45, 2.75) is 45.3 Å². The van der Waals surface area contributed by atoms with Crippen molar-refractivity contribution in [2.75, 3.05) is 19.8 Å². The molecule has 1 N–H and O–H groups in total. The van der Waals surface area contributed by atoms with Crippen LogP contribution in [-0.2, 0) is 17.6 Å². The normalized spacial score (nSPS) is 12.3. The standard InChI is InChI=1S/C12H20F3N3O2/c1-9(2)16-6-3-4-10-17-18-11(20-10)5-7-19-8-12(13,14)15/h9,16H,3-8H2,1-2H3. The van der Waals surface area contributed by atoms with E-state index in [1.54, 1.807) is 0 Å². The lowest BCUT2D eigenvalue weighted by Gasteiger charge is -2.06. The molecule has 0 atom stereocenters. The Kier molecular flexibility index (Phi) is 6.94. The van der Waals surface area contributed by atoms with E-state index in [0.717, 1.165) is 13.0 Å². The molecule has 1 rings (SSSR count). The van der Waals surface area contributed by atoms with Crippen molar-refractivity contribution in [3.63, 3.8) is 0 Å². The van der Waals surface area contributed by atoms with Crippen molar-refractivity contribution in [1.82, 2.24) is 15.5 Å². The second kappa shape index (κ2) is 8.21. The first-order valence-corrected chi connectivity index (χ1v) is 6.56. The Bertz CT molecular complexity index is 380. The lowest BCUT2D eigenvalue weighted by molar-refractivity contribution is -0.173. The molecule has 0 saturated heterocycles. The zero-order chi connectivity index (χ0) is 15.0. The quantitative estimate of drug-likeness (QED) is 0.707. The molecule has 0 aliphatic carbocycles. The first-order chi connectivity index (χ1) is 9.37. The van der Waals surface area contributed by atoms with Crippen LogP contribution in [0.3, 0.4) is 0 Å². The molecule has 0 saturated carbocycles. The monoisotopic (exact) mass is 295 g/mol. The van der Waals surface area contributed by atoms with Gasteiger partial charge < -0.3 is 14.5 Å². The summed E-state index contributed by atoms with van der Waals surface area (Å²) in [5.41, 5.74) is 0. The molecule has 0 spiro atoms. The van der Waals surface area contributed by atoms with Crippen molar-refractivity contribution in [3.05, 3.63) is 11.8 Å². The third kappa shape index (κ3) is 8.11. The number of aromatic nitrogens is 2. The van der Waals surface area contributed by atoms with Crippen LogP contribution in [0.5, 0.6) is 0 Å². The Labute approximate surface area is 115 Å². The van der Waals surface area contributed by atoms with Gasteiger partial charge in [0.05, 0.1) is 6.61 Å². The van der Waals surface area contributed by atoms with E-state index in [0.29, 0.717) is 24.2 Å². The van der Waals surface area contributed by atoms with E-state index < -0.39 is 12.8 Å². The van der Waals surface area contributed by atoms with E-state index in [1.165, 1.54) is 0 Å². The molecule has 5 nitrogen and oxygen atoms in total. The van der Waals surface area contributed by atoms with E-state index in [-0.39, 0.29) is 13.0 Å². The van der Waals surface area contributed by atoms with E-state index in [1.807, 2.05) is 0 Å². The second-order valence-electron chi connectivity index (χ2n) is 4.72. The summed E-state index contributed by atoms with van der Waals surface area (Å²) < 4.78 is 45.3. The van der Waals surface area contributed by atoms with Crippen LogP contribution in [0, 0.1) is 0 Å². The van der Waals surface area contributed by atoms with Crippen LogP contribution in [0.25, 0.3) is 0 Å². The Balaban J connectivity index is 2.16. The van der Waals surface area contributed by atoms with Crippen LogP contribution in [0.4, 0.5) is 13.2 Å². The van der Waals surface area contributed by atoms with Gasteiger partial charge in [-0.2, -0.15) is 13.2 Å². The summed E-state index contributed by atoms with van der Waals surface area (Å²) in [6.07, 6.45) is -2.60. The number of ether oxygens (including phenoxy) is 1. The summed E-state index contributed by atoms with van der Waals surface area (Å²) in [5.74, 6) is 0.806. The maximum absolute atomic E-state index is 11.8. The van der Waals surface area contributed by atoms with Gasteiger partial charge in [0.2, 0.25) is 11.8 Å². The Morgan fingerprint density at radius 1 is 1.20 bits per heavy atom. The maximum Gasteiger partial charge on any atom is 0.411 e. The molecule has 0 aromatic carbocycles. The van der Waals surface area contributed by atoms with Gasteiger partial charge in [0.1, 0.15) is 6.61 Å². The molecule has 1 heterocycles. The minimum atomic E-state index is -4.30. The Morgan fingerprint density at radius 3 is 2.45 bits per heavy atom. The summed E-state index contributed by atoms with van der Waals surface area (Å²) >= 11 is 0. The van der Waals surface area contributed by atoms with Gasteiger partial charge >= 0.3 is 6.18 Å². The Morgan fingerprint density at radius 2 is 1.85 bits per heavy atom. The van der Waals surface area contributed by atoms with E-state index >= 15 is 0 Å². The fourth-order valence-electron chi connectivity index (χ4n) is 1.47. The molecule has 0 bridgehead atoms. The van der Waals surface area contributed by atoms with Gasteiger partial charge in [0.25, 0.3) is 0 Å². The SMILES string of the molecule is CC(C)NCCCc1nnc(CCOCC(F)(F)F)o1. The van der Waals surface area contributed by atoms with Gasteiger partial charge in [-0.05, 0) is 13.0 Å². The number of hydrogen-bond donors (Lipinski definition) is 1. The summed E-state index contributed by atoms with van der Waals surface area (Å²) in [4.78, 5) is 0. The zero-order valence-electron chi connectivity index (χ0n) is 11.7. The van der Waals surface area contributed by atoms with E-state index in [4.69, 9.17) is 4.42 Å². The highest BCUT2D eigenvalue weighted by atomic mass is 19.4. The zero-order valence-corrected chi connectivity index (χ0v) is 11.7. The van der Waals surface area contributed by atoms with Crippen molar-refractivity contribution in [3.8, 4) is 0 Å². The number of aryl methyl sites for hydroxylation is 1. The van der Waals surface area contributed by atoms with Crippen LogP contribution in [0.15, 0.2) is 4.42 Å². The fourth-order valence-corrected chi connectivity index (χ4v) is 1.47. The topological polar surface area (TPSA) is 60.2 Å². The lowest BCUT2D eigenvalue weighted by atomic mass is 10.3. The largest absolute Gasteiger partial charge is 0.425 e. The Hall–Kier alpha value is -1.15. The molecular formula is C12H20F3N3O2. The van der Waals surface area contributed by atoms with Crippen LogP contribution < -0.4 is 5.32 Å². The van der Waals surface area contributed by atoms with Crippen molar-refractivity contribution in [1.29, 1.82) is 0 Å². The summed E-state index contributed by atoms with van der Waals surface area (Å²) in [6.45, 7) is 3.63. The molecule has 0 unspecified atom stereocenters. The first-order valence-electron chi connectivity index (χ1n) is 6.56. The smallest absolute Gasteiger partial charge is 0.411 e. The number of rotatable bonds is 9. The summed E-state index contributed by atoms with van der Waals surface area (Å²) in [5, 5.41) is 10.9. The molecule has 0 radical (unpaired) electrons. The number of halogens is 3. The average molecular weight is 295 g/mol. The van der Waals surface area contributed by atoms with Crippen LogP contribution in [-0.4, -0.2) is 42.2 Å². The molecule has 0 amide bonds. The van der Waals surface area contributed by atoms with Gasteiger partial charge in [0, 0.05) is 18.9 Å². The highest BCUT2D eigenvalue weighted by Gasteiger charge is 2.27. The number of nitrogens with zero attached hydrogens (tertiary/aromatic N) is 2. The van der Waals surface area contributed by atoms with Crippen LogP contribution in [0.2, 0.25) is 0 Å². The number of nitrogens with one attached hydrogen (secondary N) is 1. The van der Waals surface area contributed by atoms with E-state index in [2.05, 4.69) is 34.1 Å². The highest BCUT2D eigenvalue weighted by molar-refractivity contribution is 4.82. The maximum atomic E-state index is 11.8. The van der Waals surface area contributed by atoms with Crippen LogP contribution in [0.1, 0.15) is 32.0 Å². The first kappa shape index (κ1) is 16.9. The molecule has 8 heteroatoms. The van der Waals surface area contributed by atoms with Gasteiger partial charge in [-0.25, -0.2) is 0 Å². The predicted molar refractivity (Wildman–Crippen MR) is 66.3 cm³/mol. The third-order valence-electron chi connectivity index (χ3n) is 2.35. The lowest BCUT2D eigenvalue weighted by Crippen LogP contribution is -2.23. The van der Waals surface area contributed by atoms with Gasteiger partial charge in [0.15, 0.2) is 0 Å². The summed E-state index contributed by atoms with van der Waals surface area (Å²) in [6, 6.07) is 0.430. The number of alkyl halides is 3. The summed E-state index contributed by atoms with van der Waals surface area (Å²) in [7, 11) is 0. The minimum absolute atomic E-state index is 0.0873. The fraction of sp³-hybridized carbons (Fsp3) is 0.833. The molecule has 0 fully saturated rings. The van der Waals surface area contributed by atoms with Crippen molar-refractivity contribution < 1.29 is 22.3 Å². The van der Waals surface area contributed by atoms with Gasteiger partial charge in [-0.1, -0.05) is 13.8 Å². The second-order valence-corrected chi connectivity index (χ2v) is 4.72. The predicted octanol–water partition coefficient (Wildman–Crippen LogP) is 2.12. The molecule has 1 aromatic rings. The molecule has 0 aliphatic heterocycles. The van der Waals surface area contributed by atoms with Crippen molar-refractivity contribution >= 4 is 0 Å². The number of hydrogen-bond acceptors (Lipinski definition) is 5. The molecule has 20 heavy (non-hydrogen) atoms. The van der Waals surface area contributed by atoms with Crippen LogP contribution >= 0.6 is 0 Å². The third-order valence-corrected chi connectivity index (χ3v) is 2.35. The molecule has 1 aromatic heterocycles. The van der Waals surface area contributed by atoms with Crippen molar-refractivity contribution in [2.24, 2.45) is 0 Å². The van der Waals surface area contributed by atoms with Gasteiger partial charge in [-0.15, -0.1) is 10.2 Å². The molecule has 0 aliphatic rings. The molecule has 116 valence electrons. The van der Waals surface area contributed by atoms with E-state index in [9.17, 15) is 13.2 Å². The molecular weight excluding hydrogens is 275 g/mol. The highest BCUT2D eigenvalue weighted by Crippen LogP contribution is 2.14.